The Morgan fingerprint density at radius 3 is 2.45 bits per heavy atom. The summed E-state index contributed by atoms with van der Waals surface area (Å²) in [4.78, 5) is 27.9. The third kappa shape index (κ3) is 4.29. The van der Waals surface area contributed by atoms with E-state index in [0.29, 0.717) is 31.7 Å². The van der Waals surface area contributed by atoms with Gasteiger partial charge in [0, 0.05) is 31.2 Å². The van der Waals surface area contributed by atoms with Crippen molar-refractivity contribution in [3.63, 3.8) is 0 Å². The minimum absolute atomic E-state index is 0.0642. The molecule has 0 radical (unpaired) electrons. The Labute approximate surface area is 169 Å². The molecule has 2 aliphatic heterocycles. The fourth-order valence-corrected chi connectivity index (χ4v) is 3.83. The predicted molar refractivity (Wildman–Crippen MR) is 109 cm³/mol. The molecule has 0 amide bonds. The zero-order valence-corrected chi connectivity index (χ0v) is 16.8. The molecule has 0 unspecified atom stereocenters. The lowest BCUT2D eigenvalue weighted by Crippen LogP contribution is -2.45. The molecule has 0 spiro atoms. The molecule has 1 aromatic carbocycles. The summed E-state index contributed by atoms with van der Waals surface area (Å²) in [5.41, 5.74) is 1.61. The van der Waals surface area contributed by atoms with E-state index in [1.165, 1.54) is 0 Å². The molecule has 3 heterocycles. The number of aromatic nitrogens is 1. The fraction of sp³-hybridized carbons (Fsp3) is 0.524. The molecule has 4 rings (SSSR count). The zero-order valence-electron chi connectivity index (χ0n) is 16.8. The number of nitrogens with zero attached hydrogens (tertiary/aromatic N) is 3. The molecule has 2 aliphatic rings. The second-order valence-corrected chi connectivity index (χ2v) is 7.24. The van der Waals surface area contributed by atoms with E-state index in [1.54, 1.807) is 13.1 Å². The molecule has 2 fully saturated rings. The number of morpholine rings is 2. The molecule has 0 atom stereocenters. The van der Waals surface area contributed by atoms with Gasteiger partial charge in [0.1, 0.15) is 5.56 Å². The van der Waals surface area contributed by atoms with Gasteiger partial charge in [-0.2, -0.15) is 0 Å². The molecular formula is C21H27N3O5. The van der Waals surface area contributed by atoms with Crippen LogP contribution >= 0.6 is 0 Å². The minimum atomic E-state index is -0.583. The van der Waals surface area contributed by atoms with E-state index in [9.17, 15) is 9.59 Å². The largest absolute Gasteiger partial charge is 0.462 e. The first-order chi connectivity index (χ1) is 14.2. The van der Waals surface area contributed by atoms with Crippen molar-refractivity contribution >= 4 is 16.9 Å². The monoisotopic (exact) mass is 401 g/mol. The number of hydrogen-bond donors (Lipinski definition) is 0. The van der Waals surface area contributed by atoms with Crippen LogP contribution < -0.4 is 10.4 Å². The third-order valence-electron chi connectivity index (χ3n) is 5.35. The van der Waals surface area contributed by atoms with Crippen molar-refractivity contribution in [2.45, 2.75) is 13.5 Å². The van der Waals surface area contributed by atoms with Crippen LogP contribution in [0.15, 0.2) is 29.2 Å². The summed E-state index contributed by atoms with van der Waals surface area (Å²) in [6.07, 6.45) is 1.61. The summed E-state index contributed by atoms with van der Waals surface area (Å²) in [6, 6.07) is 5.93. The number of fused-ring (bicyclic) bond motifs is 1. The molecule has 29 heavy (non-hydrogen) atoms. The van der Waals surface area contributed by atoms with Gasteiger partial charge >= 0.3 is 5.97 Å². The second kappa shape index (κ2) is 8.94. The van der Waals surface area contributed by atoms with Crippen molar-refractivity contribution in [1.82, 2.24) is 9.58 Å². The van der Waals surface area contributed by atoms with Crippen molar-refractivity contribution < 1.29 is 19.0 Å². The van der Waals surface area contributed by atoms with E-state index in [0.717, 1.165) is 43.9 Å². The number of carbonyl (C=O) groups excluding carboxylic acids is 1. The van der Waals surface area contributed by atoms with Crippen LogP contribution in [-0.4, -0.2) is 74.8 Å². The van der Waals surface area contributed by atoms with Gasteiger partial charge in [0.25, 0.3) is 0 Å². The summed E-state index contributed by atoms with van der Waals surface area (Å²) in [7, 11) is 0. The van der Waals surface area contributed by atoms with Gasteiger partial charge in [0.05, 0.1) is 51.6 Å². The van der Waals surface area contributed by atoms with Gasteiger partial charge in [-0.1, -0.05) is 6.07 Å². The highest BCUT2D eigenvalue weighted by Gasteiger charge is 2.21. The van der Waals surface area contributed by atoms with Crippen LogP contribution in [0, 0.1) is 0 Å². The highest BCUT2D eigenvalue weighted by Crippen LogP contribution is 2.18. The van der Waals surface area contributed by atoms with Gasteiger partial charge in [0.2, 0.25) is 5.43 Å². The Balaban J connectivity index is 1.77. The van der Waals surface area contributed by atoms with Crippen LogP contribution in [0.2, 0.25) is 0 Å². The van der Waals surface area contributed by atoms with Gasteiger partial charge in [-0.05, 0) is 24.6 Å². The van der Waals surface area contributed by atoms with Gasteiger partial charge in [-0.3, -0.25) is 14.4 Å². The van der Waals surface area contributed by atoms with E-state index < -0.39 is 5.97 Å². The smallest absolute Gasteiger partial charge is 0.343 e. The van der Waals surface area contributed by atoms with Crippen molar-refractivity contribution in [3.05, 3.63) is 45.7 Å². The number of rotatable bonds is 5. The van der Waals surface area contributed by atoms with Crippen LogP contribution in [0.3, 0.4) is 0 Å². The van der Waals surface area contributed by atoms with Crippen LogP contribution in [0.1, 0.15) is 22.8 Å². The maximum Gasteiger partial charge on any atom is 0.343 e. The Morgan fingerprint density at radius 2 is 1.76 bits per heavy atom. The third-order valence-corrected chi connectivity index (χ3v) is 5.35. The number of carbonyl (C=O) groups is 1. The van der Waals surface area contributed by atoms with Crippen molar-refractivity contribution in [1.29, 1.82) is 0 Å². The van der Waals surface area contributed by atoms with Crippen LogP contribution in [0.4, 0.5) is 0 Å². The first-order valence-corrected chi connectivity index (χ1v) is 10.2. The summed E-state index contributed by atoms with van der Waals surface area (Å²) < 4.78 is 17.9. The fourth-order valence-electron chi connectivity index (χ4n) is 3.83. The summed E-state index contributed by atoms with van der Waals surface area (Å²) in [5.74, 6) is -0.583. The van der Waals surface area contributed by atoms with Crippen molar-refractivity contribution in [2.24, 2.45) is 0 Å². The molecule has 8 heteroatoms. The zero-order chi connectivity index (χ0) is 20.2. The first kappa shape index (κ1) is 19.9. The number of pyridine rings is 1. The molecule has 1 aromatic heterocycles. The Bertz CT molecular complexity index is 930. The quantitative estimate of drug-likeness (QED) is 0.692. The van der Waals surface area contributed by atoms with E-state index in [1.807, 2.05) is 16.8 Å². The number of ether oxygens (including phenoxy) is 3. The van der Waals surface area contributed by atoms with Crippen LogP contribution in [-0.2, 0) is 20.8 Å². The predicted octanol–water partition coefficient (Wildman–Crippen LogP) is 0.979. The molecule has 156 valence electrons. The van der Waals surface area contributed by atoms with Gasteiger partial charge in [-0.15, -0.1) is 0 Å². The highest BCUT2D eigenvalue weighted by molar-refractivity contribution is 5.94. The molecule has 0 bridgehead atoms. The highest BCUT2D eigenvalue weighted by atomic mass is 16.5. The topological polar surface area (TPSA) is 73.2 Å². The van der Waals surface area contributed by atoms with E-state index in [2.05, 4.69) is 16.0 Å². The molecule has 0 N–H and O–H groups in total. The van der Waals surface area contributed by atoms with E-state index in [4.69, 9.17) is 14.2 Å². The SMILES string of the molecule is CCOC(=O)c1cn(N2CCOCC2)c2ccc(CN3CCOCC3)cc2c1=O. The molecular weight excluding hydrogens is 374 g/mol. The van der Waals surface area contributed by atoms with Gasteiger partial charge in [-0.25, -0.2) is 4.79 Å². The summed E-state index contributed by atoms with van der Waals surface area (Å²) in [6.45, 7) is 8.51. The molecule has 8 nitrogen and oxygen atoms in total. The second-order valence-electron chi connectivity index (χ2n) is 7.24. The van der Waals surface area contributed by atoms with Gasteiger partial charge in [0.15, 0.2) is 0 Å². The lowest BCUT2D eigenvalue weighted by molar-refractivity contribution is 0.0342. The molecule has 2 aromatic rings. The Kier molecular flexibility index (Phi) is 6.13. The lowest BCUT2D eigenvalue weighted by atomic mass is 10.1. The van der Waals surface area contributed by atoms with Crippen molar-refractivity contribution in [2.75, 3.05) is 64.2 Å². The average Bonchev–Trinajstić information content (AvgIpc) is 2.76. The standard InChI is InChI=1S/C21H27N3O5/c1-2-29-21(26)18-15-24(23-7-11-28-12-8-23)19-4-3-16(13-17(19)20(18)25)14-22-5-9-27-10-6-22/h3-4,13,15H,2,5-12,14H2,1H3. The van der Waals surface area contributed by atoms with Crippen molar-refractivity contribution in [3.8, 4) is 0 Å². The number of benzene rings is 1. The van der Waals surface area contributed by atoms with Gasteiger partial charge < -0.3 is 19.2 Å². The van der Waals surface area contributed by atoms with Crippen LogP contribution in [0.5, 0.6) is 0 Å². The molecule has 0 aliphatic carbocycles. The van der Waals surface area contributed by atoms with E-state index >= 15 is 0 Å². The van der Waals surface area contributed by atoms with Crippen LogP contribution in [0.25, 0.3) is 10.9 Å². The summed E-state index contributed by atoms with van der Waals surface area (Å²) in [5, 5.41) is 2.63. The maximum absolute atomic E-state index is 13.1. The molecule has 2 saturated heterocycles. The Hall–Kier alpha value is -2.42. The normalized spacial score (nSPS) is 18.2. The van der Waals surface area contributed by atoms with E-state index in [-0.39, 0.29) is 17.6 Å². The average molecular weight is 401 g/mol. The molecule has 0 saturated carbocycles. The summed E-state index contributed by atoms with van der Waals surface area (Å²) >= 11 is 0. The number of esters is 1. The maximum atomic E-state index is 13.1. The Morgan fingerprint density at radius 1 is 1.07 bits per heavy atom. The number of hydrogen-bond acceptors (Lipinski definition) is 7. The minimum Gasteiger partial charge on any atom is -0.462 e. The lowest BCUT2D eigenvalue weighted by Gasteiger charge is -2.32. The first-order valence-electron chi connectivity index (χ1n) is 10.2.